The Labute approximate surface area is 154 Å². The normalized spacial score (nSPS) is 11.8. The molecule has 6 heteroatoms. The van der Waals surface area contributed by atoms with Crippen molar-refractivity contribution >= 4 is 29.4 Å². The first kappa shape index (κ1) is 21.4. The highest BCUT2D eigenvalue weighted by atomic mass is 32.2. The number of ether oxygens (including phenoxy) is 2. The number of hydrogen-bond acceptors (Lipinski definition) is 6. The smallest absolute Gasteiger partial charge is 0.337 e. The number of methoxy groups -OCH3 is 1. The molecule has 1 unspecified atom stereocenters. The standard InChI is InChI=1S/C19H29NO4S/c1-4-6-7-14(5-2)13-24-18(21)10-11-25-17-12-15(19(22)23-3)8-9-16(17)20/h8-9,12,14H,4-7,10-11,13,20H2,1-3H3. The fourth-order valence-corrected chi connectivity index (χ4v) is 3.26. The molecule has 0 bridgehead atoms. The summed E-state index contributed by atoms with van der Waals surface area (Å²) in [5, 5.41) is 0. The van der Waals surface area contributed by atoms with Crippen molar-refractivity contribution in [1.29, 1.82) is 0 Å². The Morgan fingerprint density at radius 2 is 2.04 bits per heavy atom. The Morgan fingerprint density at radius 1 is 1.28 bits per heavy atom. The van der Waals surface area contributed by atoms with E-state index >= 15 is 0 Å². The van der Waals surface area contributed by atoms with E-state index < -0.39 is 5.97 Å². The van der Waals surface area contributed by atoms with Crippen LogP contribution >= 0.6 is 11.8 Å². The molecule has 0 amide bonds. The number of benzene rings is 1. The van der Waals surface area contributed by atoms with Gasteiger partial charge in [0.25, 0.3) is 0 Å². The zero-order valence-corrected chi connectivity index (χ0v) is 16.2. The zero-order chi connectivity index (χ0) is 18.7. The molecule has 0 fully saturated rings. The molecular formula is C19H29NO4S. The van der Waals surface area contributed by atoms with E-state index in [1.54, 1.807) is 18.2 Å². The second-order valence-electron chi connectivity index (χ2n) is 5.94. The van der Waals surface area contributed by atoms with Gasteiger partial charge < -0.3 is 15.2 Å². The lowest BCUT2D eigenvalue weighted by atomic mass is 10.0. The minimum Gasteiger partial charge on any atom is -0.465 e. The highest BCUT2D eigenvalue weighted by Gasteiger charge is 2.12. The van der Waals surface area contributed by atoms with Crippen LogP contribution in [0.25, 0.3) is 0 Å². The Kier molecular flexibility index (Phi) is 10.1. The van der Waals surface area contributed by atoms with Crippen molar-refractivity contribution in [1.82, 2.24) is 0 Å². The summed E-state index contributed by atoms with van der Waals surface area (Å²) in [7, 11) is 1.34. The second kappa shape index (κ2) is 11.8. The minimum absolute atomic E-state index is 0.190. The van der Waals surface area contributed by atoms with Crippen LogP contribution in [-0.4, -0.2) is 31.4 Å². The maximum atomic E-state index is 11.9. The number of nitrogen functional groups attached to an aromatic ring is 1. The number of thioether (sulfide) groups is 1. The summed E-state index contributed by atoms with van der Waals surface area (Å²) in [5.74, 6) is 0.410. The molecule has 1 atom stereocenters. The molecule has 0 aliphatic heterocycles. The van der Waals surface area contributed by atoms with Gasteiger partial charge in [-0.2, -0.15) is 0 Å². The van der Waals surface area contributed by atoms with E-state index in [0.29, 0.717) is 35.9 Å². The SMILES string of the molecule is CCCCC(CC)COC(=O)CCSc1cc(C(=O)OC)ccc1N. The number of rotatable bonds is 11. The first-order valence-corrected chi connectivity index (χ1v) is 9.76. The van der Waals surface area contributed by atoms with Crippen molar-refractivity contribution in [3.8, 4) is 0 Å². The van der Waals surface area contributed by atoms with Crippen LogP contribution in [0.4, 0.5) is 5.69 Å². The number of anilines is 1. The third-order valence-corrected chi connectivity index (χ3v) is 5.09. The van der Waals surface area contributed by atoms with Crippen molar-refractivity contribution in [2.24, 2.45) is 5.92 Å². The van der Waals surface area contributed by atoms with Gasteiger partial charge in [0, 0.05) is 16.3 Å². The summed E-state index contributed by atoms with van der Waals surface area (Å²) in [4.78, 5) is 24.2. The summed E-state index contributed by atoms with van der Waals surface area (Å²) in [6, 6.07) is 4.99. The molecule has 25 heavy (non-hydrogen) atoms. The third-order valence-electron chi connectivity index (χ3n) is 4.02. The van der Waals surface area contributed by atoms with Crippen molar-refractivity contribution in [3.63, 3.8) is 0 Å². The quantitative estimate of drug-likeness (QED) is 0.357. The lowest BCUT2D eigenvalue weighted by Crippen LogP contribution is -2.14. The van der Waals surface area contributed by atoms with Gasteiger partial charge in [-0.15, -0.1) is 11.8 Å². The largest absolute Gasteiger partial charge is 0.465 e. The number of hydrogen-bond donors (Lipinski definition) is 1. The third kappa shape index (κ3) is 7.82. The number of carbonyl (C=O) groups is 2. The van der Waals surface area contributed by atoms with E-state index in [1.165, 1.54) is 25.3 Å². The highest BCUT2D eigenvalue weighted by molar-refractivity contribution is 7.99. The first-order chi connectivity index (χ1) is 12.0. The van der Waals surface area contributed by atoms with Crippen molar-refractivity contribution in [2.75, 3.05) is 25.2 Å². The van der Waals surface area contributed by atoms with Gasteiger partial charge in [-0.25, -0.2) is 4.79 Å². The summed E-state index contributed by atoms with van der Waals surface area (Å²) in [6.45, 7) is 4.79. The molecule has 0 saturated heterocycles. The molecule has 0 spiro atoms. The van der Waals surface area contributed by atoms with Gasteiger partial charge in [-0.3, -0.25) is 4.79 Å². The van der Waals surface area contributed by atoms with E-state index in [9.17, 15) is 9.59 Å². The molecule has 2 N–H and O–H groups in total. The van der Waals surface area contributed by atoms with Crippen molar-refractivity contribution in [3.05, 3.63) is 23.8 Å². The molecule has 1 aromatic carbocycles. The van der Waals surface area contributed by atoms with Crippen LogP contribution in [0.3, 0.4) is 0 Å². The number of esters is 2. The average molecular weight is 368 g/mol. The van der Waals surface area contributed by atoms with Gasteiger partial charge in [0.05, 0.1) is 25.7 Å². The Morgan fingerprint density at radius 3 is 2.68 bits per heavy atom. The number of unbranched alkanes of at least 4 members (excludes halogenated alkanes) is 1. The van der Waals surface area contributed by atoms with Gasteiger partial charge in [-0.1, -0.05) is 33.1 Å². The van der Waals surface area contributed by atoms with Crippen LogP contribution in [0.1, 0.15) is 56.3 Å². The molecule has 0 aliphatic carbocycles. The maximum absolute atomic E-state index is 11.9. The van der Waals surface area contributed by atoms with E-state index in [-0.39, 0.29) is 5.97 Å². The molecule has 0 heterocycles. The summed E-state index contributed by atoms with van der Waals surface area (Å²) < 4.78 is 10.1. The Bertz CT molecular complexity index is 562. The van der Waals surface area contributed by atoms with Gasteiger partial charge in [0.2, 0.25) is 0 Å². The monoisotopic (exact) mass is 367 g/mol. The van der Waals surface area contributed by atoms with Crippen LogP contribution in [0.5, 0.6) is 0 Å². The lowest BCUT2D eigenvalue weighted by Gasteiger charge is -2.14. The van der Waals surface area contributed by atoms with Crippen LogP contribution in [0.15, 0.2) is 23.1 Å². The molecule has 1 rings (SSSR count). The van der Waals surface area contributed by atoms with Crippen molar-refractivity contribution in [2.45, 2.75) is 50.8 Å². The molecule has 0 aliphatic rings. The van der Waals surface area contributed by atoms with Crippen LogP contribution < -0.4 is 5.73 Å². The molecule has 0 saturated carbocycles. The van der Waals surface area contributed by atoms with E-state index in [0.717, 1.165) is 24.2 Å². The maximum Gasteiger partial charge on any atom is 0.337 e. The second-order valence-corrected chi connectivity index (χ2v) is 7.08. The van der Waals surface area contributed by atoms with Crippen LogP contribution in [0.2, 0.25) is 0 Å². The number of carbonyl (C=O) groups excluding carboxylic acids is 2. The minimum atomic E-state index is -0.404. The number of nitrogens with two attached hydrogens (primary N) is 1. The topological polar surface area (TPSA) is 78.6 Å². The summed E-state index contributed by atoms with van der Waals surface area (Å²) >= 11 is 1.44. The van der Waals surface area contributed by atoms with Crippen molar-refractivity contribution < 1.29 is 19.1 Å². The Hall–Kier alpha value is -1.69. The molecule has 140 valence electrons. The van der Waals surface area contributed by atoms with Gasteiger partial charge in [0.15, 0.2) is 0 Å². The summed E-state index contributed by atoms with van der Waals surface area (Å²) in [6.07, 6.45) is 4.77. The molecule has 0 aromatic heterocycles. The molecule has 5 nitrogen and oxygen atoms in total. The fraction of sp³-hybridized carbons (Fsp3) is 0.579. The van der Waals surface area contributed by atoms with Gasteiger partial charge >= 0.3 is 11.9 Å². The first-order valence-electron chi connectivity index (χ1n) is 8.78. The van der Waals surface area contributed by atoms with Gasteiger partial charge in [0.1, 0.15) is 0 Å². The predicted octanol–water partition coefficient (Wildman–Crippen LogP) is 4.30. The average Bonchev–Trinajstić information content (AvgIpc) is 2.62. The highest BCUT2D eigenvalue weighted by Crippen LogP contribution is 2.27. The molecular weight excluding hydrogens is 338 g/mol. The molecule has 1 aromatic rings. The van der Waals surface area contributed by atoms with Crippen LogP contribution in [0, 0.1) is 5.92 Å². The van der Waals surface area contributed by atoms with E-state index in [4.69, 9.17) is 15.2 Å². The van der Waals surface area contributed by atoms with Crippen LogP contribution in [-0.2, 0) is 14.3 Å². The molecule has 0 radical (unpaired) electrons. The Balaban J connectivity index is 2.41. The zero-order valence-electron chi connectivity index (χ0n) is 15.4. The van der Waals surface area contributed by atoms with Gasteiger partial charge in [-0.05, 0) is 30.5 Å². The summed E-state index contributed by atoms with van der Waals surface area (Å²) in [5.41, 5.74) is 6.95. The fourth-order valence-electron chi connectivity index (χ4n) is 2.33. The lowest BCUT2D eigenvalue weighted by molar-refractivity contribution is -0.144. The van der Waals surface area contributed by atoms with E-state index in [1.807, 2.05) is 0 Å². The predicted molar refractivity (Wildman–Crippen MR) is 102 cm³/mol. The van der Waals surface area contributed by atoms with E-state index in [2.05, 4.69) is 13.8 Å².